The van der Waals surface area contributed by atoms with Crippen LogP contribution in [0.2, 0.25) is 0 Å². The summed E-state index contributed by atoms with van der Waals surface area (Å²) in [5, 5.41) is 3.03. The average molecular weight is 333 g/mol. The molecule has 3 aromatic rings. The van der Waals surface area contributed by atoms with Gasteiger partial charge < -0.3 is 9.73 Å². The monoisotopic (exact) mass is 333 g/mol. The molecule has 0 aliphatic rings. The maximum Gasteiger partial charge on any atom is 0.220 e. The molecule has 0 aliphatic carbocycles. The maximum absolute atomic E-state index is 12.0. The van der Waals surface area contributed by atoms with Gasteiger partial charge in [-0.2, -0.15) is 0 Å². The quantitative estimate of drug-likeness (QED) is 0.657. The fraction of sp³-hybridized carbons (Fsp3) is 0.227. The Bertz CT molecular complexity index is 712. The van der Waals surface area contributed by atoms with E-state index in [1.165, 1.54) is 11.1 Å². The van der Waals surface area contributed by atoms with E-state index in [2.05, 4.69) is 53.8 Å². The molecule has 1 aromatic heterocycles. The summed E-state index contributed by atoms with van der Waals surface area (Å²) in [6.45, 7) is 0.658. The summed E-state index contributed by atoms with van der Waals surface area (Å²) in [4.78, 5) is 12.0. The van der Waals surface area contributed by atoms with Crippen LogP contribution in [0.15, 0.2) is 83.5 Å². The average Bonchev–Trinajstić information content (AvgIpc) is 3.19. The first kappa shape index (κ1) is 17.0. The van der Waals surface area contributed by atoms with Crippen molar-refractivity contribution < 1.29 is 9.21 Å². The largest absolute Gasteiger partial charge is 0.469 e. The number of carbonyl (C=O) groups is 1. The molecule has 1 N–H and O–H groups in total. The van der Waals surface area contributed by atoms with Crippen LogP contribution in [0.3, 0.4) is 0 Å². The Hall–Kier alpha value is -2.81. The van der Waals surface area contributed by atoms with Gasteiger partial charge in [-0.3, -0.25) is 4.79 Å². The van der Waals surface area contributed by atoms with E-state index in [0.29, 0.717) is 19.4 Å². The molecule has 0 atom stereocenters. The van der Waals surface area contributed by atoms with Gasteiger partial charge in [-0.05, 0) is 29.7 Å². The number of rotatable bonds is 8. The molecule has 25 heavy (non-hydrogen) atoms. The highest BCUT2D eigenvalue weighted by molar-refractivity contribution is 5.76. The zero-order valence-corrected chi connectivity index (χ0v) is 14.2. The Morgan fingerprint density at radius 2 is 1.52 bits per heavy atom. The highest BCUT2D eigenvalue weighted by Gasteiger charge is 2.14. The van der Waals surface area contributed by atoms with Crippen molar-refractivity contribution in [1.82, 2.24) is 5.32 Å². The second-order valence-electron chi connectivity index (χ2n) is 6.09. The first-order valence-electron chi connectivity index (χ1n) is 8.72. The predicted octanol–water partition coefficient (Wildman–Crippen LogP) is 4.55. The summed E-state index contributed by atoms with van der Waals surface area (Å²) in [5.41, 5.74) is 2.55. The van der Waals surface area contributed by atoms with Crippen LogP contribution in [0, 0.1) is 0 Å². The Morgan fingerprint density at radius 1 is 0.880 bits per heavy atom. The van der Waals surface area contributed by atoms with Crippen LogP contribution in [0.1, 0.15) is 35.6 Å². The van der Waals surface area contributed by atoms with Gasteiger partial charge >= 0.3 is 0 Å². The van der Waals surface area contributed by atoms with Crippen molar-refractivity contribution in [2.45, 2.75) is 25.2 Å². The van der Waals surface area contributed by atoms with Crippen LogP contribution in [0.4, 0.5) is 0 Å². The molecule has 2 aromatic carbocycles. The number of amides is 1. The van der Waals surface area contributed by atoms with Gasteiger partial charge in [-0.1, -0.05) is 60.7 Å². The van der Waals surface area contributed by atoms with Gasteiger partial charge in [-0.15, -0.1) is 0 Å². The minimum absolute atomic E-state index is 0.0660. The van der Waals surface area contributed by atoms with Crippen molar-refractivity contribution in [3.8, 4) is 0 Å². The molecular weight excluding hydrogens is 310 g/mol. The standard InChI is InChI=1S/C22H23NO2/c24-22(14-13-20-12-7-17-25-20)23-16-15-21(18-8-3-1-4-9-18)19-10-5-2-6-11-19/h1-12,17,21H,13-16H2,(H,23,24). The predicted molar refractivity (Wildman–Crippen MR) is 99.4 cm³/mol. The van der Waals surface area contributed by atoms with Crippen LogP contribution < -0.4 is 5.32 Å². The van der Waals surface area contributed by atoms with Gasteiger partial charge in [0.1, 0.15) is 5.76 Å². The number of aryl methyl sites for hydroxylation is 1. The third-order valence-corrected chi connectivity index (χ3v) is 4.34. The van der Waals surface area contributed by atoms with E-state index in [1.54, 1.807) is 6.26 Å². The number of furan rings is 1. The SMILES string of the molecule is O=C(CCc1ccco1)NCCC(c1ccccc1)c1ccccc1. The van der Waals surface area contributed by atoms with E-state index >= 15 is 0 Å². The van der Waals surface area contributed by atoms with Crippen molar-refractivity contribution in [2.75, 3.05) is 6.54 Å². The lowest BCUT2D eigenvalue weighted by atomic mass is 9.88. The van der Waals surface area contributed by atoms with Crippen LogP contribution >= 0.6 is 0 Å². The molecule has 3 rings (SSSR count). The van der Waals surface area contributed by atoms with Crippen molar-refractivity contribution in [3.05, 3.63) is 95.9 Å². The van der Waals surface area contributed by atoms with E-state index in [1.807, 2.05) is 24.3 Å². The lowest BCUT2D eigenvalue weighted by molar-refractivity contribution is -0.121. The first-order chi connectivity index (χ1) is 12.3. The summed E-state index contributed by atoms with van der Waals surface area (Å²) in [7, 11) is 0. The summed E-state index contributed by atoms with van der Waals surface area (Å²) in [6.07, 6.45) is 3.60. The molecule has 3 heteroatoms. The molecule has 1 amide bonds. The number of benzene rings is 2. The van der Waals surface area contributed by atoms with E-state index in [-0.39, 0.29) is 11.8 Å². The van der Waals surface area contributed by atoms with E-state index < -0.39 is 0 Å². The van der Waals surface area contributed by atoms with Crippen molar-refractivity contribution in [2.24, 2.45) is 0 Å². The zero-order chi connectivity index (χ0) is 17.3. The molecule has 0 saturated heterocycles. The molecular formula is C22H23NO2. The summed E-state index contributed by atoms with van der Waals surface area (Å²) < 4.78 is 5.26. The molecule has 0 fully saturated rings. The minimum atomic E-state index is 0.0660. The van der Waals surface area contributed by atoms with Crippen LogP contribution in [-0.2, 0) is 11.2 Å². The Morgan fingerprint density at radius 3 is 2.08 bits per heavy atom. The Balaban J connectivity index is 1.55. The second-order valence-corrected chi connectivity index (χ2v) is 6.09. The highest BCUT2D eigenvalue weighted by Crippen LogP contribution is 2.27. The highest BCUT2D eigenvalue weighted by atomic mass is 16.3. The second kappa shape index (κ2) is 8.88. The van der Waals surface area contributed by atoms with Crippen molar-refractivity contribution in [1.29, 1.82) is 0 Å². The van der Waals surface area contributed by atoms with Crippen LogP contribution in [0.5, 0.6) is 0 Å². The summed E-state index contributed by atoms with van der Waals surface area (Å²) >= 11 is 0. The molecule has 128 valence electrons. The fourth-order valence-electron chi connectivity index (χ4n) is 3.03. The topological polar surface area (TPSA) is 42.2 Å². The number of hydrogen-bond donors (Lipinski definition) is 1. The van der Waals surface area contributed by atoms with E-state index in [4.69, 9.17) is 4.42 Å². The smallest absolute Gasteiger partial charge is 0.220 e. The first-order valence-corrected chi connectivity index (χ1v) is 8.72. The molecule has 0 spiro atoms. The van der Waals surface area contributed by atoms with Gasteiger partial charge in [0.25, 0.3) is 0 Å². The molecule has 0 unspecified atom stereocenters. The third kappa shape index (κ3) is 5.08. The van der Waals surface area contributed by atoms with Gasteiger partial charge in [0.15, 0.2) is 0 Å². The lowest BCUT2D eigenvalue weighted by Crippen LogP contribution is -2.26. The Labute approximate surface area is 148 Å². The Kier molecular flexibility index (Phi) is 6.05. The molecule has 0 radical (unpaired) electrons. The van der Waals surface area contributed by atoms with Gasteiger partial charge in [-0.25, -0.2) is 0 Å². The normalized spacial score (nSPS) is 10.8. The maximum atomic E-state index is 12.0. The summed E-state index contributed by atoms with van der Waals surface area (Å²) in [6, 6.07) is 24.6. The molecule has 3 nitrogen and oxygen atoms in total. The minimum Gasteiger partial charge on any atom is -0.469 e. The third-order valence-electron chi connectivity index (χ3n) is 4.34. The molecule has 0 bridgehead atoms. The molecule has 0 aliphatic heterocycles. The van der Waals surface area contributed by atoms with E-state index in [9.17, 15) is 4.79 Å². The number of carbonyl (C=O) groups excluding carboxylic acids is 1. The number of nitrogens with one attached hydrogen (secondary N) is 1. The summed E-state index contributed by atoms with van der Waals surface area (Å²) in [5.74, 6) is 1.20. The van der Waals surface area contributed by atoms with Crippen molar-refractivity contribution in [3.63, 3.8) is 0 Å². The zero-order valence-electron chi connectivity index (χ0n) is 14.2. The molecule has 0 saturated carbocycles. The number of hydrogen-bond acceptors (Lipinski definition) is 2. The van der Waals surface area contributed by atoms with Gasteiger partial charge in [0.05, 0.1) is 6.26 Å². The van der Waals surface area contributed by atoms with Gasteiger partial charge in [0.2, 0.25) is 5.91 Å². The van der Waals surface area contributed by atoms with Crippen LogP contribution in [-0.4, -0.2) is 12.5 Å². The fourth-order valence-corrected chi connectivity index (χ4v) is 3.03. The van der Waals surface area contributed by atoms with Crippen LogP contribution in [0.25, 0.3) is 0 Å². The lowest BCUT2D eigenvalue weighted by Gasteiger charge is -2.18. The van der Waals surface area contributed by atoms with E-state index in [0.717, 1.165) is 12.2 Å². The van der Waals surface area contributed by atoms with Gasteiger partial charge in [0, 0.05) is 25.3 Å². The van der Waals surface area contributed by atoms with Crippen molar-refractivity contribution >= 4 is 5.91 Å². The molecule has 1 heterocycles.